The first-order valence-corrected chi connectivity index (χ1v) is 14.6. The molecule has 2 atom stereocenters. The Morgan fingerprint density at radius 2 is 1.76 bits per heavy atom. The van der Waals surface area contributed by atoms with Crippen molar-refractivity contribution in [2.45, 2.75) is 51.3 Å². The maximum absolute atomic E-state index is 16.6. The Morgan fingerprint density at radius 3 is 2.45 bits per heavy atom. The number of fused-ring (bicyclic) bond motifs is 4. The molecule has 0 radical (unpaired) electrons. The van der Waals surface area contributed by atoms with Crippen LogP contribution in [0.5, 0.6) is 5.75 Å². The third kappa shape index (κ3) is 5.29. The van der Waals surface area contributed by atoms with Crippen LogP contribution in [0.25, 0.3) is 32.8 Å². The lowest BCUT2D eigenvalue weighted by Gasteiger charge is -2.42. The van der Waals surface area contributed by atoms with Crippen molar-refractivity contribution in [1.29, 1.82) is 0 Å². The van der Waals surface area contributed by atoms with Crippen LogP contribution in [0.3, 0.4) is 0 Å². The second-order valence-corrected chi connectivity index (χ2v) is 12.4. The molecule has 0 N–H and O–H groups in total. The highest BCUT2D eigenvalue weighted by atomic mass is 35.5. The van der Waals surface area contributed by atoms with Crippen LogP contribution in [-0.4, -0.2) is 65.6 Å². The number of hydrogen-bond acceptors (Lipinski definition) is 7. The monoisotopic (exact) mass is 612 g/mol. The number of carbonyl (C=O) groups excluding carboxylic acids is 1. The molecule has 1 amide bonds. The van der Waals surface area contributed by atoms with Crippen LogP contribution in [0.4, 0.5) is 15.0 Å². The molecule has 42 heavy (non-hydrogen) atoms. The Bertz CT molecular complexity index is 1680. The number of aromatic nitrogens is 2. The number of ether oxygens (including phenoxy) is 3. The zero-order valence-electron chi connectivity index (χ0n) is 23.8. The number of methoxy groups -OCH3 is 1. The van der Waals surface area contributed by atoms with Gasteiger partial charge in [0.05, 0.1) is 17.1 Å². The molecule has 0 spiro atoms. The third-order valence-electron chi connectivity index (χ3n) is 7.67. The molecular formula is C31H31Cl2FN4O4. The smallest absolute Gasteiger partial charge is 0.410 e. The topological polar surface area (TPSA) is 77.0 Å². The maximum Gasteiger partial charge on any atom is 0.410 e. The van der Waals surface area contributed by atoms with Crippen LogP contribution in [0, 0.1) is 5.82 Å². The molecule has 3 heterocycles. The molecule has 2 bridgehead atoms. The van der Waals surface area contributed by atoms with Gasteiger partial charge in [-0.2, -0.15) is 4.98 Å². The molecular weight excluding hydrogens is 582 g/mol. The molecule has 11 heteroatoms. The molecule has 0 saturated carbocycles. The van der Waals surface area contributed by atoms with Crippen LogP contribution in [-0.2, 0) is 9.47 Å². The van der Waals surface area contributed by atoms with Gasteiger partial charge in [-0.1, -0.05) is 35.9 Å². The van der Waals surface area contributed by atoms with E-state index in [1.807, 2.05) is 60.9 Å². The second kappa shape index (κ2) is 11.0. The summed E-state index contributed by atoms with van der Waals surface area (Å²) in [6.07, 6.45) is 1.36. The van der Waals surface area contributed by atoms with E-state index >= 15 is 4.39 Å². The largest absolute Gasteiger partial charge is 0.468 e. The number of carbonyl (C=O) groups is 1. The predicted molar refractivity (Wildman–Crippen MR) is 162 cm³/mol. The van der Waals surface area contributed by atoms with Gasteiger partial charge in [0.15, 0.2) is 12.6 Å². The van der Waals surface area contributed by atoms with Gasteiger partial charge in [0.25, 0.3) is 0 Å². The zero-order valence-corrected chi connectivity index (χ0v) is 25.3. The van der Waals surface area contributed by atoms with Gasteiger partial charge in [0, 0.05) is 31.1 Å². The Hall–Kier alpha value is -3.40. The van der Waals surface area contributed by atoms with E-state index in [4.69, 9.17) is 37.4 Å². The van der Waals surface area contributed by atoms with Crippen LogP contribution < -0.4 is 9.64 Å². The molecule has 2 saturated heterocycles. The van der Waals surface area contributed by atoms with Crippen LogP contribution in [0.2, 0.25) is 10.3 Å². The van der Waals surface area contributed by atoms with Gasteiger partial charge in [-0.3, -0.25) is 4.90 Å². The van der Waals surface area contributed by atoms with Gasteiger partial charge < -0.3 is 19.1 Å². The Kier molecular flexibility index (Phi) is 7.53. The lowest BCUT2D eigenvalue weighted by molar-refractivity contribution is 0.0123. The third-order valence-corrected chi connectivity index (χ3v) is 8.14. The van der Waals surface area contributed by atoms with Gasteiger partial charge in [0.1, 0.15) is 22.7 Å². The van der Waals surface area contributed by atoms with Gasteiger partial charge in [-0.15, -0.1) is 0 Å². The van der Waals surface area contributed by atoms with E-state index in [1.54, 1.807) is 12.1 Å². The molecule has 1 aromatic heterocycles. The maximum atomic E-state index is 16.6. The van der Waals surface area contributed by atoms with Crippen molar-refractivity contribution in [2.24, 2.45) is 0 Å². The van der Waals surface area contributed by atoms with Gasteiger partial charge >= 0.3 is 6.09 Å². The Balaban J connectivity index is 1.42. The summed E-state index contributed by atoms with van der Waals surface area (Å²) in [4.78, 5) is 25.7. The van der Waals surface area contributed by atoms with Gasteiger partial charge in [0.2, 0.25) is 5.28 Å². The molecule has 2 aliphatic heterocycles. The van der Waals surface area contributed by atoms with E-state index in [0.717, 1.165) is 23.6 Å². The number of anilines is 1. The minimum atomic E-state index is -0.604. The average molecular weight is 614 g/mol. The first-order valence-electron chi connectivity index (χ1n) is 13.8. The standard InChI is InChI=1S/C31H31Cl2FN4O4/c1-31(2,3)42-30(39)38-18-9-10-19(38)15-37(14-18)28-23-13-24(32)25(26(34)27(23)35-29(33)36-28)22-12-20(41-16-40-4)11-17-7-5-6-8-21(17)22/h5-8,11-13,18-19H,9-10,14-16H2,1-4H3/t18-,19+. The number of rotatable bonds is 5. The summed E-state index contributed by atoms with van der Waals surface area (Å²) in [7, 11) is 1.53. The Labute approximate surface area is 253 Å². The summed E-state index contributed by atoms with van der Waals surface area (Å²) < 4.78 is 33.0. The van der Waals surface area contributed by atoms with Crippen molar-refractivity contribution in [3.8, 4) is 16.9 Å². The second-order valence-electron chi connectivity index (χ2n) is 11.7. The molecule has 2 aliphatic rings. The normalized spacial score (nSPS) is 18.6. The van der Waals surface area contributed by atoms with Crippen molar-refractivity contribution in [3.63, 3.8) is 0 Å². The van der Waals surface area contributed by atoms with Gasteiger partial charge in [-0.25, -0.2) is 14.2 Å². The molecule has 2 fully saturated rings. The van der Waals surface area contributed by atoms with Crippen LogP contribution in [0.1, 0.15) is 33.6 Å². The Morgan fingerprint density at radius 1 is 1.05 bits per heavy atom. The number of nitrogens with zero attached hydrogens (tertiary/aromatic N) is 4. The van der Waals surface area contributed by atoms with E-state index in [1.165, 1.54) is 7.11 Å². The predicted octanol–water partition coefficient (Wildman–Crippen LogP) is 7.47. The van der Waals surface area contributed by atoms with Crippen molar-refractivity contribution in [3.05, 3.63) is 58.6 Å². The number of amides is 1. The quantitative estimate of drug-likeness (QED) is 0.171. The first-order chi connectivity index (χ1) is 20.0. The van der Waals surface area contributed by atoms with Crippen LogP contribution >= 0.6 is 23.2 Å². The first kappa shape index (κ1) is 28.7. The van der Waals surface area contributed by atoms with Crippen molar-refractivity contribution >= 4 is 56.8 Å². The lowest BCUT2D eigenvalue weighted by atomic mass is 9.96. The highest BCUT2D eigenvalue weighted by molar-refractivity contribution is 6.35. The highest BCUT2D eigenvalue weighted by Gasteiger charge is 2.45. The summed E-state index contributed by atoms with van der Waals surface area (Å²) in [5, 5.41) is 2.24. The number of hydrogen-bond donors (Lipinski definition) is 0. The van der Waals surface area contributed by atoms with Crippen molar-refractivity contribution < 1.29 is 23.4 Å². The summed E-state index contributed by atoms with van der Waals surface area (Å²) in [5.41, 5.74) is 0.234. The minimum Gasteiger partial charge on any atom is -0.468 e. The molecule has 0 unspecified atom stereocenters. The average Bonchev–Trinajstić information content (AvgIpc) is 3.20. The fourth-order valence-electron chi connectivity index (χ4n) is 6.03. The molecule has 4 aromatic rings. The highest BCUT2D eigenvalue weighted by Crippen LogP contribution is 2.43. The summed E-state index contributed by atoms with van der Waals surface area (Å²) in [5.74, 6) is 0.397. The summed E-state index contributed by atoms with van der Waals surface area (Å²) in [6, 6.07) is 12.8. The summed E-state index contributed by atoms with van der Waals surface area (Å²) >= 11 is 13.3. The molecule has 6 rings (SSSR count). The van der Waals surface area contributed by atoms with E-state index in [0.29, 0.717) is 35.6 Å². The summed E-state index contributed by atoms with van der Waals surface area (Å²) in [6.45, 7) is 6.62. The lowest BCUT2D eigenvalue weighted by Crippen LogP contribution is -2.57. The van der Waals surface area contributed by atoms with E-state index in [-0.39, 0.29) is 46.4 Å². The SMILES string of the molecule is COCOc1cc(-c2c(Cl)cc3c(N4C[C@H]5CC[C@@H](C4)N5C(=O)OC(C)(C)C)nc(Cl)nc3c2F)c2ccccc2c1. The van der Waals surface area contributed by atoms with Crippen molar-refractivity contribution in [2.75, 3.05) is 31.9 Å². The fraction of sp³-hybridized carbons (Fsp3) is 0.387. The van der Waals surface area contributed by atoms with Gasteiger partial charge in [-0.05, 0) is 79.7 Å². The zero-order chi connectivity index (χ0) is 29.8. The number of benzene rings is 3. The molecule has 3 aromatic carbocycles. The fourth-order valence-corrected chi connectivity index (χ4v) is 6.49. The number of piperazine rings is 1. The van der Waals surface area contributed by atoms with E-state index in [9.17, 15) is 4.79 Å². The molecule has 0 aliphatic carbocycles. The minimum absolute atomic E-state index is 0.0427. The van der Waals surface area contributed by atoms with E-state index in [2.05, 4.69) is 9.97 Å². The van der Waals surface area contributed by atoms with E-state index < -0.39 is 11.4 Å². The van der Waals surface area contributed by atoms with Crippen LogP contribution in [0.15, 0.2) is 42.5 Å². The molecule has 220 valence electrons. The number of halogens is 3. The molecule has 8 nitrogen and oxygen atoms in total. The van der Waals surface area contributed by atoms with Crippen molar-refractivity contribution in [1.82, 2.24) is 14.9 Å².